The maximum Gasteiger partial charge on any atom is 0.157 e. The fourth-order valence-electron chi connectivity index (χ4n) is 2.62. The number of benzene rings is 2. The Morgan fingerprint density at radius 1 is 0.808 bits per heavy atom. The van der Waals surface area contributed by atoms with Crippen molar-refractivity contribution in [2.24, 2.45) is 10.2 Å². The summed E-state index contributed by atoms with van der Waals surface area (Å²) >= 11 is 0. The Morgan fingerprint density at radius 3 is 2.04 bits per heavy atom. The van der Waals surface area contributed by atoms with Crippen LogP contribution < -0.4 is 5.32 Å². The molecule has 0 bridgehead atoms. The van der Waals surface area contributed by atoms with Crippen molar-refractivity contribution in [1.82, 2.24) is 0 Å². The number of hydrogen-bond donors (Lipinski definition) is 5. The van der Waals surface area contributed by atoms with E-state index >= 15 is 0 Å². The van der Waals surface area contributed by atoms with Crippen LogP contribution in [0, 0.1) is 0 Å². The molecule has 5 atom stereocenters. The van der Waals surface area contributed by atoms with E-state index in [2.05, 4.69) is 15.5 Å². The van der Waals surface area contributed by atoms with Gasteiger partial charge in [0.25, 0.3) is 0 Å². The van der Waals surface area contributed by atoms with E-state index in [9.17, 15) is 20.4 Å². The molecule has 3 rings (SSSR count). The molecule has 138 valence electrons. The number of aliphatic hydroxyl groups is 4. The monoisotopic (exact) mass is 359 g/mol. The second-order valence-corrected chi connectivity index (χ2v) is 5.98. The third-order valence-electron chi connectivity index (χ3n) is 4.11. The Labute approximate surface area is 150 Å². The molecule has 0 unspecified atom stereocenters. The van der Waals surface area contributed by atoms with E-state index in [-0.39, 0.29) is 0 Å². The summed E-state index contributed by atoms with van der Waals surface area (Å²) in [6.45, 7) is -0.470. The van der Waals surface area contributed by atoms with Gasteiger partial charge in [-0.2, -0.15) is 10.2 Å². The zero-order chi connectivity index (χ0) is 18.5. The van der Waals surface area contributed by atoms with Gasteiger partial charge in [0.05, 0.1) is 18.0 Å². The van der Waals surface area contributed by atoms with Crippen LogP contribution in [0.4, 0.5) is 17.1 Å². The standard InChI is InChI=1S/C18H21N3O5/c22-10-14-15(23)16(24)17(25)18(26-14)19-11-6-8-13(9-7-11)21-20-12-4-2-1-3-5-12/h1-9,14-19,22-25H,10H2/t14-,15-,16-,17+,18-/m0/s1. The lowest BCUT2D eigenvalue weighted by molar-refractivity contribution is -0.221. The van der Waals surface area contributed by atoms with Crippen LogP contribution in [0.5, 0.6) is 0 Å². The van der Waals surface area contributed by atoms with Crippen LogP contribution in [0.1, 0.15) is 0 Å². The topological polar surface area (TPSA) is 127 Å². The number of ether oxygens (including phenoxy) is 1. The number of anilines is 1. The summed E-state index contributed by atoms with van der Waals surface area (Å²) in [5, 5.41) is 50.0. The molecule has 26 heavy (non-hydrogen) atoms. The normalized spacial score (nSPS) is 29.0. The number of aliphatic hydroxyl groups excluding tert-OH is 4. The van der Waals surface area contributed by atoms with Crippen molar-refractivity contribution in [3.63, 3.8) is 0 Å². The molecule has 0 amide bonds. The Bertz CT molecular complexity index is 723. The van der Waals surface area contributed by atoms with Gasteiger partial charge in [0.1, 0.15) is 24.4 Å². The minimum atomic E-state index is -1.42. The Balaban J connectivity index is 1.64. The van der Waals surface area contributed by atoms with Crippen molar-refractivity contribution >= 4 is 17.1 Å². The van der Waals surface area contributed by atoms with Crippen molar-refractivity contribution < 1.29 is 25.2 Å². The molecule has 5 N–H and O–H groups in total. The van der Waals surface area contributed by atoms with Crippen molar-refractivity contribution in [1.29, 1.82) is 0 Å². The smallest absolute Gasteiger partial charge is 0.157 e. The quantitative estimate of drug-likeness (QED) is 0.512. The van der Waals surface area contributed by atoms with Gasteiger partial charge < -0.3 is 30.5 Å². The SMILES string of the molecule is OC[C@@H]1O[C@H](Nc2ccc(N=Nc3ccccc3)cc2)[C@H](O)[C@@H](O)[C@H]1O. The largest absolute Gasteiger partial charge is 0.394 e. The molecule has 0 radical (unpaired) electrons. The van der Waals surface area contributed by atoms with Gasteiger partial charge in [-0.15, -0.1) is 0 Å². The van der Waals surface area contributed by atoms with Gasteiger partial charge in [-0.25, -0.2) is 0 Å². The molecule has 2 aromatic carbocycles. The first-order valence-electron chi connectivity index (χ1n) is 8.22. The highest BCUT2D eigenvalue weighted by atomic mass is 16.6. The molecule has 2 aromatic rings. The minimum absolute atomic E-state index is 0.470. The molecule has 8 nitrogen and oxygen atoms in total. The molecule has 0 saturated carbocycles. The molecule has 0 aromatic heterocycles. The number of azo groups is 1. The zero-order valence-corrected chi connectivity index (χ0v) is 13.9. The summed E-state index contributed by atoms with van der Waals surface area (Å²) in [6.07, 6.45) is -6.07. The number of nitrogens with zero attached hydrogens (tertiary/aromatic N) is 2. The Kier molecular flexibility index (Phi) is 5.92. The van der Waals surface area contributed by atoms with Gasteiger partial charge in [0.15, 0.2) is 6.23 Å². The van der Waals surface area contributed by atoms with Crippen molar-refractivity contribution in [3.05, 3.63) is 54.6 Å². The zero-order valence-electron chi connectivity index (χ0n) is 13.9. The van der Waals surface area contributed by atoms with Crippen LogP contribution in [-0.2, 0) is 4.74 Å². The van der Waals surface area contributed by atoms with Crippen molar-refractivity contribution in [3.8, 4) is 0 Å². The molecule has 1 aliphatic heterocycles. The van der Waals surface area contributed by atoms with Gasteiger partial charge in [-0.3, -0.25) is 0 Å². The molecule has 0 spiro atoms. The van der Waals surface area contributed by atoms with E-state index in [1.54, 1.807) is 24.3 Å². The van der Waals surface area contributed by atoms with Crippen LogP contribution in [0.2, 0.25) is 0 Å². The lowest BCUT2D eigenvalue weighted by atomic mass is 9.98. The number of hydrogen-bond acceptors (Lipinski definition) is 8. The highest BCUT2D eigenvalue weighted by Crippen LogP contribution is 2.25. The molecule has 8 heteroatoms. The van der Waals surface area contributed by atoms with Crippen LogP contribution in [0.15, 0.2) is 64.8 Å². The molecule has 1 saturated heterocycles. The first-order chi connectivity index (χ1) is 12.6. The van der Waals surface area contributed by atoms with Crippen LogP contribution in [0.25, 0.3) is 0 Å². The average molecular weight is 359 g/mol. The molecule has 0 aliphatic carbocycles. The number of rotatable bonds is 5. The maximum atomic E-state index is 10.0. The van der Waals surface area contributed by atoms with E-state index in [4.69, 9.17) is 4.74 Å². The number of nitrogens with one attached hydrogen (secondary N) is 1. The lowest BCUT2D eigenvalue weighted by Crippen LogP contribution is -2.60. The predicted octanol–water partition coefficient (Wildman–Crippen LogP) is 1.31. The van der Waals surface area contributed by atoms with Crippen LogP contribution >= 0.6 is 0 Å². The fourth-order valence-corrected chi connectivity index (χ4v) is 2.62. The summed E-state index contributed by atoms with van der Waals surface area (Å²) in [5.74, 6) is 0. The second kappa shape index (κ2) is 8.35. The third kappa shape index (κ3) is 4.24. The van der Waals surface area contributed by atoms with E-state index in [0.717, 1.165) is 5.69 Å². The predicted molar refractivity (Wildman–Crippen MR) is 94.4 cm³/mol. The van der Waals surface area contributed by atoms with E-state index in [0.29, 0.717) is 11.4 Å². The van der Waals surface area contributed by atoms with Gasteiger partial charge in [-0.1, -0.05) is 18.2 Å². The molecular formula is C18H21N3O5. The third-order valence-corrected chi connectivity index (χ3v) is 4.11. The Morgan fingerprint density at radius 2 is 1.42 bits per heavy atom. The first kappa shape index (κ1) is 18.4. The van der Waals surface area contributed by atoms with Gasteiger partial charge in [0, 0.05) is 5.69 Å². The van der Waals surface area contributed by atoms with Gasteiger partial charge >= 0.3 is 0 Å². The Hall–Kier alpha value is -2.36. The van der Waals surface area contributed by atoms with Gasteiger partial charge in [0.2, 0.25) is 0 Å². The second-order valence-electron chi connectivity index (χ2n) is 5.98. The van der Waals surface area contributed by atoms with Crippen LogP contribution in [-0.4, -0.2) is 57.7 Å². The summed E-state index contributed by atoms with van der Waals surface area (Å²) in [5.41, 5.74) is 2.01. The minimum Gasteiger partial charge on any atom is -0.394 e. The molecule has 1 heterocycles. The van der Waals surface area contributed by atoms with E-state index in [1.807, 2.05) is 30.3 Å². The lowest BCUT2D eigenvalue weighted by Gasteiger charge is -2.40. The fraction of sp³-hybridized carbons (Fsp3) is 0.333. The van der Waals surface area contributed by atoms with E-state index in [1.165, 1.54) is 0 Å². The average Bonchev–Trinajstić information content (AvgIpc) is 2.68. The van der Waals surface area contributed by atoms with E-state index < -0.39 is 37.3 Å². The van der Waals surface area contributed by atoms with Crippen molar-refractivity contribution in [2.75, 3.05) is 11.9 Å². The summed E-state index contributed by atoms with van der Waals surface area (Å²) in [7, 11) is 0. The molecule has 1 fully saturated rings. The summed E-state index contributed by atoms with van der Waals surface area (Å²) < 4.78 is 5.41. The first-order valence-corrected chi connectivity index (χ1v) is 8.22. The molecular weight excluding hydrogens is 338 g/mol. The van der Waals surface area contributed by atoms with Crippen LogP contribution in [0.3, 0.4) is 0 Å². The van der Waals surface area contributed by atoms with Gasteiger partial charge in [-0.05, 0) is 36.4 Å². The van der Waals surface area contributed by atoms with Crippen molar-refractivity contribution in [2.45, 2.75) is 30.6 Å². The summed E-state index contributed by atoms with van der Waals surface area (Å²) in [4.78, 5) is 0. The highest BCUT2D eigenvalue weighted by molar-refractivity contribution is 5.51. The summed E-state index contributed by atoms with van der Waals surface area (Å²) in [6, 6.07) is 16.3. The highest BCUT2D eigenvalue weighted by Gasteiger charge is 2.43. The maximum absolute atomic E-state index is 10.0. The molecule has 1 aliphatic rings.